The number of rotatable bonds is 3. The molecule has 0 bridgehead atoms. The van der Waals surface area contributed by atoms with Crippen molar-refractivity contribution < 1.29 is 4.79 Å². The molecule has 1 aliphatic heterocycles. The lowest BCUT2D eigenvalue weighted by Crippen LogP contribution is -2.40. The largest absolute Gasteiger partial charge is 0.337 e. The Morgan fingerprint density at radius 3 is 2.80 bits per heavy atom. The van der Waals surface area contributed by atoms with E-state index in [4.69, 9.17) is 16.6 Å². The third kappa shape index (κ3) is 3.25. The molecule has 1 fully saturated rings. The molecule has 0 spiro atoms. The van der Waals surface area contributed by atoms with Gasteiger partial charge < -0.3 is 13.9 Å². The van der Waals surface area contributed by atoms with Crippen LogP contribution in [0.2, 0.25) is 5.02 Å². The zero-order valence-corrected chi connectivity index (χ0v) is 17.9. The second-order valence-corrected chi connectivity index (χ2v) is 8.69. The number of imidazole rings is 2. The van der Waals surface area contributed by atoms with Crippen LogP contribution in [0.4, 0.5) is 0 Å². The monoisotopic (exact) mass is 421 g/mol. The highest BCUT2D eigenvalue weighted by molar-refractivity contribution is 6.30. The summed E-state index contributed by atoms with van der Waals surface area (Å²) in [6, 6.07) is 12.2. The Bertz CT molecular complexity index is 1240. The van der Waals surface area contributed by atoms with Crippen LogP contribution in [0.3, 0.4) is 0 Å². The SMILES string of the molecule is CC(C)n1c([C@@H]2CCCN(C(=O)c3cn4cc(Cl)ccc4n3)C2)nc2ccccc21. The van der Waals surface area contributed by atoms with Crippen molar-refractivity contribution in [3.8, 4) is 0 Å². The van der Waals surface area contributed by atoms with Crippen LogP contribution in [0, 0.1) is 0 Å². The molecule has 7 heteroatoms. The molecule has 154 valence electrons. The maximum Gasteiger partial charge on any atom is 0.274 e. The van der Waals surface area contributed by atoms with Crippen LogP contribution in [-0.4, -0.2) is 42.8 Å². The lowest BCUT2D eigenvalue weighted by atomic mass is 9.96. The summed E-state index contributed by atoms with van der Waals surface area (Å²) in [6.07, 6.45) is 5.51. The fourth-order valence-electron chi connectivity index (χ4n) is 4.50. The zero-order valence-electron chi connectivity index (χ0n) is 17.1. The van der Waals surface area contributed by atoms with Crippen molar-refractivity contribution in [3.63, 3.8) is 0 Å². The van der Waals surface area contributed by atoms with E-state index in [1.54, 1.807) is 22.9 Å². The van der Waals surface area contributed by atoms with E-state index in [-0.39, 0.29) is 11.8 Å². The lowest BCUT2D eigenvalue weighted by Gasteiger charge is -2.32. The number of carbonyl (C=O) groups excluding carboxylic acids is 1. The first-order chi connectivity index (χ1) is 14.5. The summed E-state index contributed by atoms with van der Waals surface area (Å²) < 4.78 is 4.12. The van der Waals surface area contributed by atoms with Gasteiger partial charge in [0.05, 0.1) is 16.1 Å². The normalized spacial score (nSPS) is 17.3. The standard InChI is InChI=1S/C23H24ClN5O/c1-15(2)29-20-8-4-3-7-18(20)26-22(29)16-6-5-11-27(12-16)23(30)19-14-28-13-17(24)9-10-21(28)25-19/h3-4,7-10,13-16H,5-6,11-12H2,1-2H3/t16-/m1/s1. The molecule has 1 saturated heterocycles. The van der Waals surface area contributed by atoms with Gasteiger partial charge in [0.15, 0.2) is 0 Å². The molecule has 1 aliphatic rings. The minimum Gasteiger partial charge on any atom is -0.337 e. The molecule has 0 saturated carbocycles. The molecular formula is C23H24ClN5O. The summed E-state index contributed by atoms with van der Waals surface area (Å²) in [7, 11) is 0. The number of halogens is 1. The summed E-state index contributed by atoms with van der Waals surface area (Å²) in [6.45, 7) is 5.77. The molecule has 1 amide bonds. The minimum atomic E-state index is -0.0354. The summed E-state index contributed by atoms with van der Waals surface area (Å²) in [4.78, 5) is 24.6. The Morgan fingerprint density at radius 1 is 1.13 bits per heavy atom. The van der Waals surface area contributed by atoms with Crippen LogP contribution in [-0.2, 0) is 0 Å². The summed E-state index contributed by atoms with van der Waals surface area (Å²) >= 11 is 6.06. The lowest BCUT2D eigenvalue weighted by molar-refractivity contribution is 0.0698. The molecule has 4 aromatic rings. The molecule has 3 aromatic heterocycles. The van der Waals surface area contributed by atoms with Gasteiger partial charge in [0.25, 0.3) is 5.91 Å². The molecule has 1 aromatic carbocycles. The van der Waals surface area contributed by atoms with Gasteiger partial charge in [0, 0.05) is 37.4 Å². The first kappa shape index (κ1) is 19.1. The molecule has 0 aliphatic carbocycles. The molecule has 0 radical (unpaired) electrons. The number of nitrogens with zero attached hydrogens (tertiary/aromatic N) is 5. The van der Waals surface area contributed by atoms with Crippen molar-refractivity contribution in [3.05, 3.63) is 65.3 Å². The third-order valence-electron chi connectivity index (χ3n) is 5.85. The molecule has 5 rings (SSSR count). The van der Waals surface area contributed by atoms with E-state index in [1.807, 2.05) is 17.0 Å². The van der Waals surface area contributed by atoms with Crippen molar-refractivity contribution in [1.29, 1.82) is 0 Å². The van der Waals surface area contributed by atoms with Gasteiger partial charge in [-0.05, 0) is 51.0 Å². The number of likely N-dealkylation sites (tertiary alicyclic amines) is 1. The molecular weight excluding hydrogens is 398 g/mol. The Kier molecular flexibility index (Phi) is 4.74. The average molecular weight is 422 g/mol. The number of amides is 1. The molecule has 0 N–H and O–H groups in total. The maximum atomic E-state index is 13.2. The van der Waals surface area contributed by atoms with Crippen LogP contribution in [0.1, 0.15) is 55.0 Å². The van der Waals surface area contributed by atoms with E-state index in [9.17, 15) is 4.79 Å². The highest BCUT2D eigenvalue weighted by Crippen LogP contribution is 2.32. The number of piperidine rings is 1. The molecule has 30 heavy (non-hydrogen) atoms. The topological polar surface area (TPSA) is 55.4 Å². The molecule has 6 nitrogen and oxygen atoms in total. The molecule has 0 unspecified atom stereocenters. The second-order valence-electron chi connectivity index (χ2n) is 8.25. The van der Waals surface area contributed by atoms with Gasteiger partial charge in [-0.2, -0.15) is 0 Å². The number of pyridine rings is 1. The highest BCUT2D eigenvalue weighted by Gasteiger charge is 2.30. The van der Waals surface area contributed by atoms with Gasteiger partial charge in [0.2, 0.25) is 0 Å². The van der Waals surface area contributed by atoms with Crippen molar-refractivity contribution in [2.75, 3.05) is 13.1 Å². The summed E-state index contributed by atoms with van der Waals surface area (Å²) in [5.41, 5.74) is 3.35. The van der Waals surface area contributed by atoms with Crippen LogP contribution < -0.4 is 0 Å². The third-order valence-corrected chi connectivity index (χ3v) is 6.07. The smallest absolute Gasteiger partial charge is 0.274 e. The number of benzene rings is 1. The van der Waals surface area contributed by atoms with Crippen LogP contribution >= 0.6 is 11.6 Å². The van der Waals surface area contributed by atoms with E-state index < -0.39 is 0 Å². The first-order valence-electron chi connectivity index (χ1n) is 10.4. The van der Waals surface area contributed by atoms with Crippen LogP contribution in [0.5, 0.6) is 0 Å². The number of carbonyl (C=O) groups is 1. The van der Waals surface area contributed by atoms with E-state index in [2.05, 4.69) is 41.6 Å². The van der Waals surface area contributed by atoms with Gasteiger partial charge >= 0.3 is 0 Å². The highest BCUT2D eigenvalue weighted by atomic mass is 35.5. The minimum absolute atomic E-state index is 0.0354. The zero-order chi connectivity index (χ0) is 20.8. The number of hydrogen-bond acceptors (Lipinski definition) is 3. The predicted octanol–water partition coefficient (Wildman–Crippen LogP) is 4.94. The second kappa shape index (κ2) is 7.43. The summed E-state index contributed by atoms with van der Waals surface area (Å²) in [5, 5.41) is 0.615. The Morgan fingerprint density at radius 2 is 1.97 bits per heavy atom. The maximum absolute atomic E-state index is 13.2. The van der Waals surface area contributed by atoms with Crippen molar-refractivity contribution in [2.24, 2.45) is 0 Å². The molecule has 1 atom stereocenters. The van der Waals surface area contributed by atoms with Gasteiger partial charge in [-0.15, -0.1) is 0 Å². The van der Waals surface area contributed by atoms with Crippen LogP contribution in [0.25, 0.3) is 16.7 Å². The van der Waals surface area contributed by atoms with E-state index in [0.29, 0.717) is 23.3 Å². The van der Waals surface area contributed by atoms with E-state index >= 15 is 0 Å². The van der Waals surface area contributed by atoms with Crippen molar-refractivity contribution >= 4 is 34.2 Å². The Balaban J connectivity index is 1.45. The van der Waals surface area contributed by atoms with Crippen molar-refractivity contribution in [1.82, 2.24) is 23.8 Å². The molecule has 4 heterocycles. The van der Waals surface area contributed by atoms with Gasteiger partial charge in [-0.1, -0.05) is 23.7 Å². The quantitative estimate of drug-likeness (QED) is 0.471. The summed E-state index contributed by atoms with van der Waals surface area (Å²) in [5.74, 6) is 1.25. The number of para-hydroxylation sites is 2. The Labute approximate surface area is 180 Å². The number of fused-ring (bicyclic) bond motifs is 2. The van der Waals surface area contributed by atoms with E-state index in [1.165, 1.54) is 0 Å². The number of aromatic nitrogens is 4. The van der Waals surface area contributed by atoms with Gasteiger partial charge in [0.1, 0.15) is 17.2 Å². The van der Waals surface area contributed by atoms with Gasteiger partial charge in [-0.25, -0.2) is 9.97 Å². The van der Waals surface area contributed by atoms with Crippen molar-refractivity contribution in [2.45, 2.75) is 38.6 Å². The first-order valence-corrected chi connectivity index (χ1v) is 10.8. The number of hydrogen-bond donors (Lipinski definition) is 0. The average Bonchev–Trinajstić information content (AvgIpc) is 3.34. The predicted molar refractivity (Wildman–Crippen MR) is 118 cm³/mol. The fourth-order valence-corrected chi connectivity index (χ4v) is 4.66. The fraction of sp³-hybridized carbons (Fsp3) is 0.348. The van der Waals surface area contributed by atoms with Crippen LogP contribution in [0.15, 0.2) is 48.8 Å². The van der Waals surface area contributed by atoms with Gasteiger partial charge in [-0.3, -0.25) is 4.79 Å². The Hall–Kier alpha value is -2.86. The van der Waals surface area contributed by atoms with E-state index in [0.717, 1.165) is 41.9 Å².